The average Bonchev–Trinajstić information content (AvgIpc) is 2.54. The third-order valence-corrected chi connectivity index (χ3v) is 3.54. The summed E-state index contributed by atoms with van der Waals surface area (Å²) in [6, 6.07) is 2.88. The zero-order valence-corrected chi connectivity index (χ0v) is 10.3. The van der Waals surface area contributed by atoms with Gasteiger partial charge in [-0.3, -0.25) is 25.0 Å². The second-order valence-corrected chi connectivity index (χ2v) is 4.68. The van der Waals surface area contributed by atoms with Gasteiger partial charge >= 0.3 is 0 Å². The maximum Gasteiger partial charge on any atom is 0.276 e. The van der Waals surface area contributed by atoms with Gasteiger partial charge in [-0.2, -0.15) is 0 Å². The minimum absolute atomic E-state index is 0.00613. The monoisotopic (exact) mass is 316 g/mol. The molecule has 1 aromatic carbocycles. The summed E-state index contributed by atoms with van der Waals surface area (Å²) in [7, 11) is 0. The van der Waals surface area contributed by atoms with Gasteiger partial charge in [-0.05, 0) is 12.1 Å². The lowest BCUT2D eigenvalue weighted by atomic mass is 9.95. The molecule has 1 aliphatic heterocycles. The maximum atomic E-state index is 13.0. The fourth-order valence-corrected chi connectivity index (χ4v) is 2.43. The minimum atomic E-state index is -1.03. The van der Waals surface area contributed by atoms with E-state index in [2.05, 4.69) is 21.2 Å². The number of imide groups is 1. The summed E-state index contributed by atoms with van der Waals surface area (Å²) in [5, 5.41) is 12.9. The van der Waals surface area contributed by atoms with Crippen molar-refractivity contribution < 1.29 is 18.9 Å². The topological polar surface area (TPSA) is 89.3 Å². The second-order valence-electron chi connectivity index (χ2n) is 3.69. The van der Waals surface area contributed by atoms with Crippen LogP contribution in [0.3, 0.4) is 0 Å². The first-order chi connectivity index (χ1) is 8.41. The van der Waals surface area contributed by atoms with Crippen molar-refractivity contribution in [2.75, 3.05) is 0 Å². The molecule has 1 saturated heterocycles. The van der Waals surface area contributed by atoms with Gasteiger partial charge in [0.05, 0.1) is 16.9 Å². The van der Waals surface area contributed by atoms with E-state index in [4.69, 9.17) is 0 Å². The van der Waals surface area contributed by atoms with E-state index < -0.39 is 39.0 Å². The minimum Gasteiger partial charge on any atom is -0.295 e. The van der Waals surface area contributed by atoms with Crippen molar-refractivity contribution >= 4 is 33.4 Å². The molecule has 0 radical (unpaired) electrons. The fraction of sp³-hybridized carbons (Fsp3) is 0.200. The first kappa shape index (κ1) is 12.6. The summed E-state index contributed by atoms with van der Waals surface area (Å²) in [5.41, 5.74) is -0.513. The first-order valence-electron chi connectivity index (χ1n) is 4.84. The van der Waals surface area contributed by atoms with Crippen LogP contribution in [0.5, 0.6) is 0 Å². The molecular formula is C10H6BrFN2O4. The molecule has 1 fully saturated rings. The van der Waals surface area contributed by atoms with Crippen molar-refractivity contribution in [2.24, 2.45) is 0 Å². The van der Waals surface area contributed by atoms with Gasteiger partial charge in [-0.15, -0.1) is 0 Å². The Balaban J connectivity index is 2.54. The van der Waals surface area contributed by atoms with Gasteiger partial charge in [-0.1, -0.05) is 15.9 Å². The Morgan fingerprint density at radius 1 is 1.33 bits per heavy atom. The third-order valence-electron chi connectivity index (χ3n) is 2.60. The Hall–Kier alpha value is -1.83. The quantitative estimate of drug-likeness (QED) is 0.385. The molecule has 0 saturated carbocycles. The van der Waals surface area contributed by atoms with E-state index in [0.717, 1.165) is 18.2 Å². The molecule has 6 nitrogen and oxygen atoms in total. The summed E-state index contributed by atoms with van der Waals surface area (Å²) in [4.78, 5) is 32.0. The fourth-order valence-electron chi connectivity index (χ4n) is 1.79. The summed E-state index contributed by atoms with van der Waals surface area (Å²) >= 11 is 3.00. The van der Waals surface area contributed by atoms with Gasteiger partial charge in [0.15, 0.2) is 0 Å². The van der Waals surface area contributed by atoms with Crippen LogP contribution in [0.4, 0.5) is 10.1 Å². The Morgan fingerprint density at radius 2 is 2.00 bits per heavy atom. The SMILES string of the molecule is O=C1NC(=O)C(c2ccc(F)cc2[N+](=O)[O-])C1Br. The van der Waals surface area contributed by atoms with Crippen LogP contribution in [0.25, 0.3) is 0 Å². The molecule has 1 aliphatic rings. The molecule has 18 heavy (non-hydrogen) atoms. The molecule has 1 aromatic rings. The molecule has 1 heterocycles. The number of nitrogens with one attached hydrogen (secondary N) is 1. The molecule has 2 amide bonds. The van der Waals surface area contributed by atoms with Crippen molar-refractivity contribution in [3.63, 3.8) is 0 Å². The molecule has 0 aromatic heterocycles. The van der Waals surface area contributed by atoms with Gasteiger partial charge in [0, 0.05) is 5.56 Å². The Bertz CT molecular complexity index is 563. The summed E-state index contributed by atoms with van der Waals surface area (Å²) in [5.74, 6) is -3.01. The van der Waals surface area contributed by atoms with E-state index in [1.165, 1.54) is 0 Å². The summed E-state index contributed by atoms with van der Waals surface area (Å²) in [6.45, 7) is 0. The van der Waals surface area contributed by atoms with Crippen molar-refractivity contribution in [1.29, 1.82) is 0 Å². The number of nitrogens with zero attached hydrogens (tertiary/aromatic N) is 1. The number of hydrogen-bond donors (Lipinski definition) is 1. The number of rotatable bonds is 2. The van der Waals surface area contributed by atoms with Crippen LogP contribution >= 0.6 is 15.9 Å². The Kier molecular flexibility index (Phi) is 3.12. The van der Waals surface area contributed by atoms with E-state index in [1.807, 2.05) is 0 Å². The lowest BCUT2D eigenvalue weighted by Gasteiger charge is -2.10. The number of halogens is 2. The molecule has 0 spiro atoms. The van der Waals surface area contributed by atoms with Gasteiger partial charge in [0.1, 0.15) is 10.6 Å². The molecule has 2 unspecified atom stereocenters. The van der Waals surface area contributed by atoms with Crippen LogP contribution in [-0.2, 0) is 9.59 Å². The number of alkyl halides is 1. The van der Waals surface area contributed by atoms with E-state index >= 15 is 0 Å². The molecule has 8 heteroatoms. The van der Waals surface area contributed by atoms with Crippen LogP contribution in [-0.4, -0.2) is 21.6 Å². The van der Waals surface area contributed by atoms with Crippen LogP contribution in [0.1, 0.15) is 11.5 Å². The highest BCUT2D eigenvalue weighted by atomic mass is 79.9. The molecule has 0 bridgehead atoms. The molecule has 2 rings (SSSR count). The van der Waals surface area contributed by atoms with Gasteiger partial charge in [0.25, 0.3) is 5.69 Å². The first-order valence-corrected chi connectivity index (χ1v) is 5.76. The van der Waals surface area contributed by atoms with Gasteiger partial charge in [0.2, 0.25) is 11.8 Å². The molecular weight excluding hydrogens is 311 g/mol. The average molecular weight is 317 g/mol. The summed E-state index contributed by atoms with van der Waals surface area (Å²) in [6.07, 6.45) is 0. The maximum absolute atomic E-state index is 13.0. The number of hydrogen-bond acceptors (Lipinski definition) is 4. The van der Waals surface area contributed by atoms with Crippen LogP contribution < -0.4 is 5.32 Å². The largest absolute Gasteiger partial charge is 0.295 e. The molecule has 94 valence electrons. The number of benzene rings is 1. The zero-order valence-electron chi connectivity index (χ0n) is 8.72. The van der Waals surface area contributed by atoms with Crippen molar-refractivity contribution in [1.82, 2.24) is 5.32 Å². The normalized spacial score (nSPS) is 23.0. The number of carbonyl (C=O) groups is 2. The highest BCUT2D eigenvalue weighted by molar-refractivity contribution is 9.10. The van der Waals surface area contributed by atoms with Crippen LogP contribution in [0.15, 0.2) is 18.2 Å². The number of carbonyl (C=O) groups excluding carboxylic acids is 2. The van der Waals surface area contributed by atoms with Crippen LogP contribution in [0, 0.1) is 15.9 Å². The smallest absolute Gasteiger partial charge is 0.276 e. The van der Waals surface area contributed by atoms with E-state index in [9.17, 15) is 24.1 Å². The Labute approximate surface area is 108 Å². The highest BCUT2D eigenvalue weighted by Gasteiger charge is 2.43. The van der Waals surface area contributed by atoms with Gasteiger partial charge < -0.3 is 0 Å². The predicted octanol–water partition coefficient (Wildman–Crippen LogP) is 1.24. The molecule has 1 N–H and O–H groups in total. The lowest BCUT2D eigenvalue weighted by Crippen LogP contribution is -2.22. The number of nitro benzene ring substituents is 1. The lowest BCUT2D eigenvalue weighted by molar-refractivity contribution is -0.385. The van der Waals surface area contributed by atoms with E-state index in [1.54, 1.807) is 0 Å². The van der Waals surface area contributed by atoms with Crippen molar-refractivity contribution in [3.8, 4) is 0 Å². The number of amides is 2. The summed E-state index contributed by atoms with van der Waals surface area (Å²) < 4.78 is 13.0. The third kappa shape index (κ3) is 1.99. The predicted molar refractivity (Wildman–Crippen MR) is 61.7 cm³/mol. The Morgan fingerprint density at radius 3 is 2.50 bits per heavy atom. The molecule has 0 aliphatic carbocycles. The van der Waals surface area contributed by atoms with Crippen molar-refractivity contribution in [3.05, 3.63) is 39.7 Å². The van der Waals surface area contributed by atoms with E-state index in [0.29, 0.717) is 0 Å². The second kappa shape index (κ2) is 4.45. The standard InChI is InChI=1S/C10H6BrFN2O4/c11-8-7(9(15)13-10(8)16)5-2-1-4(12)3-6(5)14(17)18/h1-3,7-8H,(H,13,15,16). The zero-order chi connectivity index (χ0) is 13.4. The highest BCUT2D eigenvalue weighted by Crippen LogP contribution is 2.35. The van der Waals surface area contributed by atoms with E-state index in [-0.39, 0.29) is 5.56 Å². The van der Waals surface area contributed by atoms with Crippen LogP contribution in [0.2, 0.25) is 0 Å². The van der Waals surface area contributed by atoms with Crippen molar-refractivity contribution in [2.45, 2.75) is 10.7 Å². The number of nitro groups is 1. The molecule has 2 atom stereocenters. The van der Waals surface area contributed by atoms with Gasteiger partial charge in [-0.25, -0.2) is 4.39 Å².